The highest BCUT2D eigenvalue weighted by molar-refractivity contribution is 5.34. The molecular weight excluding hydrogens is 240 g/mol. The summed E-state index contributed by atoms with van der Waals surface area (Å²) in [6.45, 7) is -2.84. The second-order valence-corrected chi connectivity index (χ2v) is 3.84. The van der Waals surface area contributed by atoms with Gasteiger partial charge in [-0.15, -0.1) is 0 Å². The van der Waals surface area contributed by atoms with Crippen LogP contribution in [0.15, 0.2) is 36.5 Å². The molecule has 1 heterocycles. The van der Waals surface area contributed by atoms with E-state index in [9.17, 15) is 8.78 Å². The van der Waals surface area contributed by atoms with Gasteiger partial charge >= 0.3 is 6.61 Å². The topological polar surface area (TPSA) is 53.1 Å². The number of nitrogens with two attached hydrogens (primary N) is 1. The molecule has 4 nitrogen and oxygen atoms in total. The van der Waals surface area contributed by atoms with E-state index in [4.69, 9.17) is 5.73 Å². The molecule has 1 unspecified atom stereocenters. The van der Waals surface area contributed by atoms with Gasteiger partial charge in [-0.25, -0.2) is 0 Å². The lowest BCUT2D eigenvalue weighted by atomic mass is 10.0. The largest absolute Gasteiger partial charge is 0.435 e. The number of hydrogen-bond acceptors (Lipinski definition) is 3. The zero-order valence-electron chi connectivity index (χ0n) is 9.75. The summed E-state index contributed by atoms with van der Waals surface area (Å²) in [7, 11) is 1.78. The minimum Gasteiger partial charge on any atom is -0.435 e. The molecule has 0 fully saturated rings. The first-order valence-electron chi connectivity index (χ1n) is 5.36. The molecule has 0 amide bonds. The van der Waals surface area contributed by atoms with E-state index in [2.05, 4.69) is 9.84 Å². The standard InChI is InChI=1S/C12H13F2N3O/c1-17-6-5-10(16-17)11(15)8-3-2-4-9(7-8)18-12(13)14/h2-7,11-12H,15H2,1H3. The number of ether oxygens (including phenoxy) is 1. The molecule has 0 aliphatic rings. The monoisotopic (exact) mass is 253 g/mol. The fourth-order valence-corrected chi connectivity index (χ4v) is 1.65. The Morgan fingerprint density at radius 3 is 2.72 bits per heavy atom. The van der Waals surface area contributed by atoms with Gasteiger partial charge < -0.3 is 10.5 Å². The Labute approximate surface area is 103 Å². The third-order valence-corrected chi connectivity index (χ3v) is 2.50. The second kappa shape index (κ2) is 5.14. The number of alkyl halides is 2. The maximum Gasteiger partial charge on any atom is 0.387 e. The Morgan fingerprint density at radius 2 is 2.11 bits per heavy atom. The van der Waals surface area contributed by atoms with Gasteiger partial charge in [0.2, 0.25) is 0 Å². The Morgan fingerprint density at radius 1 is 1.33 bits per heavy atom. The normalized spacial score (nSPS) is 12.7. The number of aromatic nitrogens is 2. The predicted molar refractivity (Wildman–Crippen MR) is 62.3 cm³/mol. The lowest BCUT2D eigenvalue weighted by molar-refractivity contribution is -0.0498. The van der Waals surface area contributed by atoms with Crippen molar-refractivity contribution >= 4 is 0 Å². The molecule has 0 spiro atoms. The maximum atomic E-state index is 12.1. The van der Waals surface area contributed by atoms with Gasteiger partial charge in [0.05, 0.1) is 11.7 Å². The fraction of sp³-hybridized carbons (Fsp3) is 0.250. The van der Waals surface area contributed by atoms with Crippen molar-refractivity contribution in [3.63, 3.8) is 0 Å². The van der Waals surface area contributed by atoms with Gasteiger partial charge in [-0.05, 0) is 23.8 Å². The van der Waals surface area contributed by atoms with Gasteiger partial charge in [-0.2, -0.15) is 13.9 Å². The van der Waals surface area contributed by atoms with Crippen molar-refractivity contribution in [2.75, 3.05) is 0 Å². The summed E-state index contributed by atoms with van der Waals surface area (Å²) in [5, 5.41) is 4.18. The molecule has 2 rings (SSSR count). The first-order valence-corrected chi connectivity index (χ1v) is 5.36. The predicted octanol–water partition coefficient (Wildman–Crippen LogP) is 2.07. The van der Waals surface area contributed by atoms with Gasteiger partial charge in [-0.3, -0.25) is 4.68 Å². The average Bonchev–Trinajstić information content (AvgIpc) is 2.74. The summed E-state index contributed by atoms with van der Waals surface area (Å²) in [5.41, 5.74) is 7.36. The van der Waals surface area contributed by atoms with Gasteiger partial charge in [0.25, 0.3) is 0 Å². The van der Waals surface area contributed by atoms with Crippen molar-refractivity contribution in [2.24, 2.45) is 12.8 Å². The molecule has 0 saturated heterocycles. The van der Waals surface area contributed by atoms with Crippen LogP contribution in [-0.4, -0.2) is 16.4 Å². The number of aryl methyl sites for hydroxylation is 1. The van der Waals surface area contributed by atoms with Gasteiger partial charge in [-0.1, -0.05) is 12.1 Å². The third-order valence-electron chi connectivity index (χ3n) is 2.50. The highest BCUT2D eigenvalue weighted by atomic mass is 19.3. The molecule has 1 aromatic heterocycles. The molecule has 0 saturated carbocycles. The number of benzene rings is 1. The highest BCUT2D eigenvalue weighted by Crippen LogP contribution is 2.23. The van der Waals surface area contributed by atoms with Crippen molar-refractivity contribution < 1.29 is 13.5 Å². The van der Waals surface area contributed by atoms with Crippen molar-refractivity contribution in [1.82, 2.24) is 9.78 Å². The van der Waals surface area contributed by atoms with E-state index < -0.39 is 12.7 Å². The smallest absolute Gasteiger partial charge is 0.387 e. The first-order chi connectivity index (χ1) is 8.56. The van der Waals surface area contributed by atoms with Crippen LogP contribution in [0.2, 0.25) is 0 Å². The molecule has 18 heavy (non-hydrogen) atoms. The molecule has 0 aliphatic carbocycles. The lowest BCUT2D eigenvalue weighted by Crippen LogP contribution is -2.13. The Balaban J connectivity index is 2.22. The highest BCUT2D eigenvalue weighted by Gasteiger charge is 2.13. The third kappa shape index (κ3) is 2.84. The zero-order valence-corrected chi connectivity index (χ0v) is 9.75. The fourth-order valence-electron chi connectivity index (χ4n) is 1.65. The van der Waals surface area contributed by atoms with Crippen molar-refractivity contribution in [1.29, 1.82) is 0 Å². The molecule has 2 aromatic rings. The summed E-state index contributed by atoms with van der Waals surface area (Å²) < 4.78 is 30.2. The number of hydrogen-bond donors (Lipinski definition) is 1. The molecule has 96 valence electrons. The van der Waals surface area contributed by atoms with Gasteiger partial charge in [0.15, 0.2) is 0 Å². The van der Waals surface area contributed by atoms with Crippen LogP contribution in [-0.2, 0) is 7.05 Å². The molecule has 0 aliphatic heterocycles. The van der Waals surface area contributed by atoms with Crippen LogP contribution in [0.5, 0.6) is 5.75 Å². The van der Waals surface area contributed by atoms with Crippen LogP contribution >= 0.6 is 0 Å². The molecule has 2 N–H and O–H groups in total. The van der Waals surface area contributed by atoms with E-state index in [0.717, 1.165) is 0 Å². The molecule has 0 radical (unpaired) electrons. The summed E-state index contributed by atoms with van der Waals surface area (Å²) in [4.78, 5) is 0. The molecule has 0 bridgehead atoms. The Bertz CT molecular complexity index is 528. The van der Waals surface area contributed by atoms with Crippen LogP contribution in [0, 0.1) is 0 Å². The zero-order chi connectivity index (χ0) is 13.1. The van der Waals surface area contributed by atoms with Crippen LogP contribution in [0.3, 0.4) is 0 Å². The Kier molecular flexibility index (Phi) is 3.57. The molecule has 1 aromatic carbocycles. The number of nitrogens with zero attached hydrogens (tertiary/aromatic N) is 2. The minimum atomic E-state index is -2.84. The quantitative estimate of drug-likeness (QED) is 0.907. The van der Waals surface area contributed by atoms with E-state index in [0.29, 0.717) is 11.3 Å². The van der Waals surface area contributed by atoms with Gasteiger partial charge in [0, 0.05) is 13.2 Å². The summed E-state index contributed by atoms with van der Waals surface area (Å²) in [6, 6.07) is 7.64. The molecular formula is C12H13F2N3O. The Hall–Kier alpha value is -1.95. The lowest BCUT2D eigenvalue weighted by Gasteiger charge is -2.11. The van der Waals surface area contributed by atoms with E-state index in [1.807, 2.05) is 0 Å². The van der Waals surface area contributed by atoms with E-state index in [1.165, 1.54) is 12.1 Å². The van der Waals surface area contributed by atoms with Crippen LogP contribution in [0.1, 0.15) is 17.3 Å². The van der Waals surface area contributed by atoms with Crippen LogP contribution in [0.25, 0.3) is 0 Å². The average molecular weight is 253 g/mol. The first kappa shape index (κ1) is 12.5. The van der Waals surface area contributed by atoms with Crippen molar-refractivity contribution in [3.8, 4) is 5.75 Å². The van der Waals surface area contributed by atoms with Crippen LogP contribution < -0.4 is 10.5 Å². The van der Waals surface area contributed by atoms with Crippen LogP contribution in [0.4, 0.5) is 8.78 Å². The number of halogens is 2. The van der Waals surface area contributed by atoms with E-state index in [-0.39, 0.29) is 5.75 Å². The maximum absolute atomic E-state index is 12.1. The van der Waals surface area contributed by atoms with E-state index in [1.54, 1.807) is 36.1 Å². The summed E-state index contributed by atoms with van der Waals surface area (Å²) in [6.07, 6.45) is 1.77. The summed E-state index contributed by atoms with van der Waals surface area (Å²) >= 11 is 0. The molecule has 1 atom stereocenters. The summed E-state index contributed by atoms with van der Waals surface area (Å²) in [5.74, 6) is 0.0916. The van der Waals surface area contributed by atoms with E-state index >= 15 is 0 Å². The van der Waals surface area contributed by atoms with Gasteiger partial charge in [0.1, 0.15) is 5.75 Å². The molecule has 6 heteroatoms. The second-order valence-electron chi connectivity index (χ2n) is 3.84. The number of rotatable bonds is 4. The van der Waals surface area contributed by atoms with Crippen molar-refractivity contribution in [2.45, 2.75) is 12.7 Å². The minimum absolute atomic E-state index is 0.0916. The van der Waals surface area contributed by atoms with Crippen molar-refractivity contribution in [3.05, 3.63) is 47.8 Å². The SMILES string of the molecule is Cn1ccc(C(N)c2cccc(OC(F)F)c2)n1.